The molecule has 0 aromatic rings. The summed E-state index contributed by atoms with van der Waals surface area (Å²) in [6.45, 7) is 0. The van der Waals surface area contributed by atoms with Crippen molar-refractivity contribution in [1.82, 2.24) is 12.3 Å². The average Bonchev–Trinajstić information content (AvgIpc) is 1.12. The van der Waals surface area contributed by atoms with Crippen LogP contribution in [0.4, 0.5) is 4.70 Å². The van der Waals surface area contributed by atoms with Crippen molar-refractivity contribution in [2.45, 2.75) is 0 Å². The Balaban J connectivity index is -0.0000000128. The third-order valence-electron chi connectivity index (χ3n) is 0. The minimum atomic E-state index is -4.64. The van der Waals surface area contributed by atoms with E-state index in [1.54, 1.807) is 0 Å². The van der Waals surface area contributed by atoms with Crippen LogP contribution < -0.4 is 41.9 Å². The van der Waals surface area contributed by atoms with Crippen molar-refractivity contribution in [3.8, 4) is 0 Å². The van der Waals surface area contributed by atoms with Gasteiger partial charge < -0.3 is 43.1 Å². The molecule has 0 aromatic carbocycles. The summed E-state index contributed by atoms with van der Waals surface area (Å²) in [6.07, 6.45) is 0. The van der Waals surface area contributed by atoms with Crippen molar-refractivity contribution in [3.05, 3.63) is 0 Å². The molecule has 90 valence electrons. The van der Waals surface area contributed by atoms with Crippen LogP contribution in [0.1, 0.15) is 1.43 Å². The van der Waals surface area contributed by atoms with E-state index < -0.39 is 15.6 Å². The summed E-state index contributed by atoms with van der Waals surface area (Å²) < 4.78 is 17.8. The smallest absolute Gasteiger partial charge is 1.00 e. The summed E-state index contributed by atoms with van der Waals surface area (Å²) in [4.78, 5) is 43.1. The maximum Gasteiger partial charge on any atom is 1.00 e. The number of hydrogen-bond acceptors (Lipinski definition) is 4. The van der Waals surface area contributed by atoms with Crippen LogP contribution in [0.2, 0.25) is 0 Å². The standard InChI is InChI=1S/FH.2H3N.Na.2H3O4P.H/c;;;;2*1-5(2,3)4;/h1H;2*1H3;;2*(H3,1,2,3,4);/q;;;+1;;;-1. The normalized spacial score (nSPS) is 8.43. The Kier molecular flexibility index (Phi) is 36.4. The third-order valence-corrected chi connectivity index (χ3v) is 0. The molecule has 12 N–H and O–H groups in total. The van der Waals surface area contributed by atoms with E-state index in [2.05, 4.69) is 0 Å². The average molecular weight is 274 g/mol. The summed E-state index contributed by atoms with van der Waals surface area (Å²) >= 11 is 0. The predicted molar refractivity (Wildman–Crippen MR) is 42.2 cm³/mol. The molecule has 0 heterocycles. The van der Waals surface area contributed by atoms with Gasteiger partial charge in [-0.05, 0) is 0 Å². The third kappa shape index (κ3) is 1660. The van der Waals surface area contributed by atoms with Gasteiger partial charge in [-0.1, -0.05) is 0 Å². The fourth-order valence-corrected chi connectivity index (χ4v) is 0. The van der Waals surface area contributed by atoms with Gasteiger partial charge in [0.05, 0.1) is 0 Å². The fourth-order valence-electron chi connectivity index (χ4n) is 0. The fraction of sp³-hybridized carbons (Fsp3) is 0. The van der Waals surface area contributed by atoms with Gasteiger partial charge in [0.2, 0.25) is 0 Å². The van der Waals surface area contributed by atoms with Gasteiger partial charge in [0.1, 0.15) is 0 Å². The summed E-state index contributed by atoms with van der Waals surface area (Å²) in [6, 6.07) is 0. The second-order valence-corrected chi connectivity index (χ2v) is 3.08. The molecule has 0 bridgehead atoms. The first-order valence-corrected chi connectivity index (χ1v) is 4.70. The Labute approximate surface area is 102 Å². The van der Waals surface area contributed by atoms with Crippen LogP contribution in [0.3, 0.4) is 0 Å². The molecule has 10 nitrogen and oxygen atoms in total. The van der Waals surface area contributed by atoms with Gasteiger partial charge >= 0.3 is 45.2 Å². The zero-order chi connectivity index (χ0) is 9.00. The molecule has 0 fully saturated rings. The first-order valence-electron chi connectivity index (χ1n) is 1.57. The molecule has 0 aliphatic rings. The molecule has 0 saturated heterocycles. The number of halogens is 1. The van der Waals surface area contributed by atoms with E-state index in [0.717, 1.165) is 0 Å². The van der Waals surface area contributed by atoms with Crippen molar-refractivity contribution in [2.75, 3.05) is 0 Å². The summed E-state index contributed by atoms with van der Waals surface area (Å²) in [5.41, 5.74) is 0. The molecular formula is H14FN2NaO8P2. The van der Waals surface area contributed by atoms with Gasteiger partial charge in [-0.2, -0.15) is 0 Å². The minimum absolute atomic E-state index is 0. The van der Waals surface area contributed by atoms with Gasteiger partial charge in [0.25, 0.3) is 0 Å². The Morgan fingerprint density at radius 2 is 0.714 bits per heavy atom. The topological polar surface area (TPSA) is 226 Å². The molecule has 0 rings (SSSR count). The molecule has 14 heavy (non-hydrogen) atoms. The van der Waals surface area contributed by atoms with E-state index in [4.69, 9.17) is 38.5 Å². The number of phosphoric acid groups is 2. The summed E-state index contributed by atoms with van der Waals surface area (Å²) in [5.74, 6) is 0. The van der Waals surface area contributed by atoms with Crippen LogP contribution >= 0.6 is 15.6 Å². The molecule has 14 heteroatoms. The van der Waals surface area contributed by atoms with E-state index in [1.807, 2.05) is 0 Å². The van der Waals surface area contributed by atoms with E-state index in [1.165, 1.54) is 0 Å². The van der Waals surface area contributed by atoms with Crippen LogP contribution in [0.25, 0.3) is 0 Å². The summed E-state index contributed by atoms with van der Waals surface area (Å²) in [7, 11) is -9.28. The quantitative estimate of drug-likeness (QED) is 0.156. The molecule has 0 aliphatic carbocycles. The van der Waals surface area contributed by atoms with Crippen molar-refractivity contribution in [1.29, 1.82) is 0 Å². The predicted octanol–water partition coefficient (Wildman–Crippen LogP) is -4.26. The monoisotopic (exact) mass is 274 g/mol. The molecule has 0 aliphatic heterocycles. The molecule has 0 atom stereocenters. The Hall–Kier alpha value is 1.07. The second-order valence-electron chi connectivity index (χ2n) is 1.03. The maximum atomic E-state index is 8.88. The molecule has 0 saturated carbocycles. The van der Waals surface area contributed by atoms with E-state index in [0.29, 0.717) is 0 Å². The SMILES string of the molecule is F.N.N.O=P(O)(O)O.O=P(O)(O)O.[H-].[Na+]. The maximum absolute atomic E-state index is 8.88. The molecule has 0 unspecified atom stereocenters. The van der Waals surface area contributed by atoms with E-state index in [-0.39, 0.29) is 48.0 Å². The molecule has 0 aromatic heterocycles. The molecule has 0 spiro atoms. The van der Waals surface area contributed by atoms with Crippen LogP contribution in [-0.2, 0) is 9.13 Å². The van der Waals surface area contributed by atoms with Gasteiger partial charge in [0, 0.05) is 0 Å². The Morgan fingerprint density at radius 1 is 0.714 bits per heavy atom. The van der Waals surface area contributed by atoms with Crippen molar-refractivity contribution < 1.29 is 74.2 Å². The van der Waals surface area contributed by atoms with Crippen molar-refractivity contribution in [3.63, 3.8) is 0 Å². The zero-order valence-electron chi connectivity index (χ0n) is 8.22. The minimum Gasteiger partial charge on any atom is -1.00 e. The second kappa shape index (κ2) is 14.1. The van der Waals surface area contributed by atoms with E-state index in [9.17, 15) is 0 Å². The van der Waals surface area contributed by atoms with Gasteiger partial charge in [-0.15, -0.1) is 0 Å². The largest absolute Gasteiger partial charge is 1.00 e. The van der Waals surface area contributed by atoms with Crippen LogP contribution in [0.5, 0.6) is 0 Å². The zero-order valence-corrected chi connectivity index (χ0v) is 11.0. The van der Waals surface area contributed by atoms with Crippen LogP contribution in [0, 0.1) is 0 Å². The molecular weight excluding hydrogens is 260 g/mol. The summed E-state index contributed by atoms with van der Waals surface area (Å²) in [5, 5.41) is 0. The van der Waals surface area contributed by atoms with Gasteiger partial charge in [0.15, 0.2) is 0 Å². The Bertz CT molecular complexity index is 143. The first kappa shape index (κ1) is 36.3. The van der Waals surface area contributed by atoms with Gasteiger partial charge in [-0.3, -0.25) is 4.70 Å². The Morgan fingerprint density at radius 3 is 0.714 bits per heavy atom. The van der Waals surface area contributed by atoms with Gasteiger partial charge in [-0.25, -0.2) is 9.13 Å². The number of hydrogen-bond donors (Lipinski definition) is 8. The van der Waals surface area contributed by atoms with Crippen molar-refractivity contribution in [2.24, 2.45) is 0 Å². The van der Waals surface area contributed by atoms with Crippen LogP contribution in [0.15, 0.2) is 0 Å². The van der Waals surface area contributed by atoms with Crippen molar-refractivity contribution >= 4 is 15.6 Å². The van der Waals surface area contributed by atoms with Crippen LogP contribution in [-0.4, -0.2) is 29.4 Å². The number of rotatable bonds is 0. The first-order chi connectivity index (χ1) is 4.00. The van der Waals surface area contributed by atoms with E-state index >= 15 is 0 Å². The molecule has 0 amide bonds. The molecule has 0 radical (unpaired) electrons.